The third kappa shape index (κ3) is 7.22. The van der Waals surface area contributed by atoms with Crippen molar-refractivity contribution >= 4 is 42.8 Å². The number of ketones is 1. The van der Waals surface area contributed by atoms with Crippen molar-refractivity contribution in [3.8, 4) is 0 Å². The van der Waals surface area contributed by atoms with Crippen LogP contribution in [0.2, 0.25) is 0 Å². The number of carbonyl (C=O) groups is 3. The van der Waals surface area contributed by atoms with Gasteiger partial charge in [-0.2, -0.15) is 0 Å². The van der Waals surface area contributed by atoms with Gasteiger partial charge in [0.2, 0.25) is 5.91 Å². The molecule has 0 aliphatic heterocycles. The van der Waals surface area contributed by atoms with Gasteiger partial charge >= 0.3 is 14.2 Å². The van der Waals surface area contributed by atoms with Crippen LogP contribution in [0.5, 0.6) is 0 Å². The highest BCUT2D eigenvalue weighted by Gasteiger charge is 2.38. The van der Waals surface area contributed by atoms with Crippen molar-refractivity contribution in [2.75, 3.05) is 7.05 Å². The van der Waals surface area contributed by atoms with Crippen molar-refractivity contribution in [1.29, 1.82) is 0 Å². The molecular formula is C24H28B2F2N2O7. The van der Waals surface area contributed by atoms with Crippen LogP contribution in [0.4, 0.5) is 8.78 Å². The predicted octanol–water partition coefficient (Wildman–Crippen LogP) is -0.752. The Kier molecular flexibility index (Phi) is 9.55. The lowest BCUT2D eigenvalue weighted by Gasteiger charge is -2.37. The van der Waals surface area contributed by atoms with Crippen molar-refractivity contribution in [3.05, 3.63) is 59.2 Å². The highest BCUT2D eigenvalue weighted by atomic mass is 19.1. The Bertz CT molecular complexity index is 1170. The van der Waals surface area contributed by atoms with Gasteiger partial charge in [-0.15, -0.1) is 0 Å². The normalized spacial score (nSPS) is 18.0. The molecule has 2 aromatic carbocycles. The first-order chi connectivity index (χ1) is 17.5. The van der Waals surface area contributed by atoms with Crippen molar-refractivity contribution in [1.82, 2.24) is 10.6 Å². The van der Waals surface area contributed by atoms with Crippen LogP contribution < -0.4 is 21.6 Å². The molecule has 196 valence electrons. The average molecular weight is 516 g/mol. The number of rotatable bonds is 9. The summed E-state index contributed by atoms with van der Waals surface area (Å²) < 4.78 is 28.1. The summed E-state index contributed by atoms with van der Waals surface area (Å²) in [5.41, 5.74) is -0.706. The van der Waals surface area contributed by atoms with Gasteiger partial charge in [-0.3, -0.25) is 14.4 Å². The number of benzene rings is 2. The number of Topliss-reactive ketones (excluding diaryl/α,β-unsaturated/α-hetero) is 1. The fraction of sp³-hybridized carbons (Fsp3) is 0.375. The summed E-state index contributed by atoms with van der Waals surface area (Å²) >= 11 is 0. The van der Waals surface area contributed by atoms with Gasteiger partial charge in [-0.25, -0.2) is 8.78 Å². The van der Waals surface area contributed by atoms with Crippen LogP contribution in [0.3, 0.4) is 0 Å². The average Bonchev–Trinajstić information content (AvgIpc) is 2.86. The van der Waals surface area contributed by atoms with Crippen LogP contribution in [-0.2, 0) is 4.79 Å². The summed E-state index contributed by atoms with van der Waals surface area (Å²) in [6.07, 6.45) is 2.10. The lowest BCUT2D eigenvalue weighted by Crippen LogP contribution is -2.47. The molecule has 1 aliphatic rings. The van der Waals surface area contributed by atoms with E-state index in [1.807, 2.05) is 0 Å². The van der Waals surface area contributed by atoms with E-state index < -0.39 is 61.3 Å². The Morgan fingerprint density at radius 2 is 1.43 bits per heavy atom. The number of nitrogens with one attached hydrogen (secondary N) is 2. The standard InChI is InChI=1S/C24H28B2F2N2O7/c1-29-22(31)12-20(23(32)13-6-15(25(34)35)10-17(27)8-13)19-4-2-3-5-21(19)30-24(33)14-7-16(26(36)37)11-18(28)9-14/h6-11,19-21,34-37H,2-5,12H2,1H3,(H,29,31)(H,30,33). The lowest BCUT2D eigenvalue weighted by atomic mass is 9.71. The van der Waals surface area contributed by atoms with Crippen LogP contribution in [0.1, 0.15) is 52.8 Å². The minimum absolute atomic E-state index is 0.139. The largest absolute Gasteiger partial charge is 0.488 e. The molecule has 0 heterocycles. The summed E-state index contributed by atoms with van der Waals surface area (Å²) in [6, 6.07) is 5.37. The Labute approximate surface area is 213 Å². The monoisotopic (exact) mass is 516 g/mol. The van der Waals surface area contributed by atoms with Gasteiger partial charge < -0.3 is 30.7 Å². The molecule has 2 aromatic rings. The molecule has 3 unspecified atom stereocenters. The van der Waals surface area contributed by atoms with Gasteiger partial charge in [0.15, 0.2) is 5.78 Å². The molecule has 1 fully saturated rings. The molecule has 9 nitrogen and oxygen atoms in total. The molecular weight excluding hydrogens is 488 g/mol. The van der Waals surface area contributed by atoms with E-state index in [2.05, 4.69) is 10.6 Å². The lowest BCUT2D eigenvalue weighted by molar-refractivity contribution is -0.121. The zero-order valence-corrected chi connectivity index (χ0v) is 20.2. The summed E-state index contributed by atoms with van der Waals surface area (Å²) in [5, 5.41) is 42.9. The minimum Gasteiger partial charge on any atom is -0.423 e. The number of hydrogen-bond donors (Lipinski definition) is 6. The second-order valence-electron chi connectivity index (χ2n) is 9.17. The van der Waals surface area contributed by atoms with Crippen molar-refractivity contribution in [2.24, 2.45) is 11.8 Å². The van der Waals surface area contributed by atoms with E-state index in [-0.39, 0.29) is 28.5 Å². The van der Waals surface area contributed by atoms with Gasteiger partial charge in [0.25, 0.3) is 5.91 Å². The van der Waals surface area contributed by atoms with Gasteiger partial charge in [0.05, 0.1) is 0 Å². The fourth-order valence-corrected chi connectivity index (χ4v) is 4.82. The number of amides is 2. The maximum atomic E-state index is 14.2. The Hall–Kier alpha value is -3.12. The summed E-state index contributed by atoms with van der Waals surface area (Å²) in [5.74, 6) is -4.93. The summed E-state index contributed by atoms with van der Waals surface area (Å²) in [6.45, 7) is 0. The van der Waals surface area contributed by atoms with E-state index in [1.165, 1.54) is 7.05 Å². The van der Waals surface area contributed by atoms with E-state index in [4.69, 9.17) is 0 Å². The van der Waals surface area contributed by atoms with Crippen molar-refractivity contribution in [3.63, 3.8) is 0 Å². The first-order valence-electron chi connectivity index (χ1n) is 11.9. The summed E-state index contributed by atoms with van der Waals surface area (Å²) in [4.78, 5) is 38.9. The van der Waals surface area contributed by atoms with Gasteiger partial charge in [0, 0.05) is 36.6 Å². The molecule has 0 spiro atoms. The fourth-order valence-electron chi connectivity index (χ4n) is 4.82. The zero-order chi connectivity index (χ0) is 27.3. The van der Waals surface area contributed by atoms with Crippen LogP contribution >= 0.6 is 0 Å². The molecule has 37 heavy (non-hydrogen) atoms. The first-order valence-corrected chi connectivity index (χ1v) is 11.9. The van der Waals surface area contributed by atoms with Gasteiger partial charge in [0.1, 0.15) is 11.6 Å². The molecule has 0 aromatic heterocycles. The SMILES string of the molecule is CNC(=O)CC(C(=O)c1cc(F)cc(B(O)O)c1)C1CCCCC1NC(=O)c1cc(F)cc(B(O)O)c1. The van der Waals surface area contributed by atoms with Crippen LogP contribution in [0.25, 0.3) is 0 Å². The maximum absolute atomic E-state index is 14.2. The second kappa shape index (κ2) is 12.4. The van der Waals surface area contributed by atoms with Gasteiger partial charge in [-0.05, 0) is 60.0 Å². The summed E-state index contributed by atoms with van der Waals surface area (Å²) in [7, 11) is -2.58. The number of halogens is 2. The van der Waals surface area contributed by atoms with E-state index in [1.54, 1.807) is 0 Å². The number of hydrogen-bond acceptors (Lipinski definition) is 7. The molecule has 1 saturated carbocycles. The Balaban J connectivity index is 1.93. The molecule has 1 aliphatic carbocycles. The predicted molar refractivity (Wildman–Crippen MR) is 132 cm³/mol. The van der Waals surface area contributed by atoms with Crippen molar-refractivity contribution in [2.45, 2.75) is 38.1 Å². The molecule has 6 N–H and O–H groups in total. The zero-order valence-electron chi connectivity index (χ0n) is 20.2. The Morgan fingerprint density at radius 1 is 0.892 bits per heavy atom. The first kappa shape index (κ1) is 28.5. The maximum Gasteiger partial charge on any atom is 0.488 e. The third-order valence-electron chi connectivity index (χ3n) is 6.66. The topological polar surface area (TPSA) is 156 Å². The third-order valence-corrected chi connectivity index (χ3v) is 6.66. The highest BCUT2D eigenvalue weighted by molar-refractivity contribution is 6.59. The second-order valence-corrected chi connectivity index (χ2v) is 9.17. The van der Waals surface area contributed by atoms with Crippen molar-refractivity contribution < 1.29 is 43.3 Å². The van der Waals surface area contributed by atoms with Crippen LogP contribution in [0, 0.1) is 23.5 Å². The molecule has 0 saturated heterocycles. The molecule has 0 bridgehead atoms. The highest BCUT2D eigenvalue weighted by Crippen LogP contribution is 2.34. The number of carbonyl (C=O) groups excluding carboxylic acids is 3. The van der Waals surface area contributed by atoms with E-state index >= 15 is 0 Å². The van der Waals surface area contributed by atoms with Crippen LogP contribution in [-0.4, -0.2) is 65.0 Å². The van der Waals surface area contributed by atoms with E-state index in [9.17, 15) is 43.3 Å². The molecule has 2 amide bonds. The van der Waals surface area contributed by atoms with E-state index in [0.717, 1.165) is 36.4 Å². The quantitative estimate of drug-likeness (QED) is 0.189. The molecule has 3 rings (SSSR count). The van der Waals surface area contributed by atoms with Crippen LogP contribution in [0.15, 0.2) is 36.4 Å². The molecule has 3 atom stereocenters. The smallest absolute Gasteiger partial charge is 0.423 e. The van der Waals surface area contributed by atoms with E-state index in [0.29, 0.717) is 25.7 Å². The Morgan fingerprint density at radius 3 is 2.00 bits per heavy atom. The van der Waals surface area contributed by atoms with Gasteiger partial charge in [-0.1, -0.05) is 18.9 Å². The molecule has 13 heteroatoms. The molecule has 0 radical (unpaired) electrons. The minimum atomic E-state index is -2.00.